The van der Waals surface area contributed by atoms with Crippen LogP contribution in [-0.4, -0.2) is 22.3 Å². The minimum atomic E-state index is -0.570. The maximum Gasteiger partial charge on any atom is 0.275 e. The van der Waals surface area contributed by atoms with E-state index in [1.807, 2.05) is 30.3 Å². The van der Waals surface area contributed by atoms with Crippen LogP contribution in [0, 0.1) is 0 Å². The number of aromatic hydroxyl groups is 2. The fraction of sp³-hybridized carbons (Fsp3) is 0.125. The molecule has 0 aliphatic heterocycles. The van der Waals surface area contributed by atoms with Gasteiger partial charge in [-0.25, -0.2) is 5.43 Å². The van der Waals surface area contributed by atoms with Gasteiger partial charge in [0.25, 0.3) is 5.91 Å². The number of amides is 1. The van der Waals surface area contributed by atoms with Crippen molar-refractivity contribution >= 4 is 12.1 Å². The predicted molar refractivity (Wildman–Crippen MR) is 80.5 cm³/mol. The van der Waals surface area contributed by atoms with E-state index in [4.69, 9.17) is 0 Å². The summed E-state index contributed by atoms with van der Waals surface area (Å²) >= 11 is 0. The fourth-order valence-corrected chi connectivity index (χ4v) is 1.81. The highest BCUT2D eigenvalue weighted by atomic mass is 16.3. The maximum atomic E-state index is 11.8. The van der Waals surface area contributed by atoms with Crippen molar-refractivity contribution in [3.8, 4) is 11.5 Å². The summed E-state index contributed by atoms with van der Waals surface area (Å²) in [5, 5.41) is 22.6. The van der Waals surface area contributed by atoms with Gasteiger partial charge in [-0.1, -0.05) is 30.3 Å². The van der Waals surface area contributed by atoms with Gasteiger partial charge in [-0.05, 0) is 36.6 Å². The number of nitrogens with one attached hydrogen (secondary N) is 1. The van der Waals surface area contributed by atoms with Crippen LogP contribution >= 0.6 is 0 Å². The first-order valence-corrected chi connectivity index (χ1v) is 6.54. The van der Waals surface area contributed by atoms with Crippen molar-refractivity contribution in [2.45, 2.75) is 12.8 Å². The Morgan fingerprint density at radius 2 is 1.90 bits per heavy atom. The lowest BCUT2D eigenvalue weighted by molar-refractivity contribution is 0.0952. The molecule has 0 bridgehead atoms. The van der Waals surface area contributed by atoms with E-state index in [2.05, 4.69) is 10.5 Å². The highest BCUT2D eigenvalue weighted by Gasteiger charge is 2.10. The number of aryl methyl sites for hydroxylation is 1. The van der Waals surface area contributed by atoms with Crippen molar-refractivity contribution < 1.29 is 15.0 Å². The Hall–Kier alpha value is -2.82. The minimum Gasteiger partial charge on any atom is -0.508 e. The maximum absolute atomic E-state index is 11.8. The van der Waals surface area contributed by atoms with Crippen LogP contribution in [-0.2, 0) is 6.42 Å². The van der Waals surface area contributed by atoms with Crippen LogP contribution in [0.2, 0.25) is 0 Å². The van der Waals surface area contributed by atoms with Gasteiger partial charge in [0.05, 0.1) is 5.56 Å². The molecule has 5 nitrogen and oxygen atoms in total. The second-order valence-electron chi connectivity index (χ2n) is 4.48. The molecule has 0 fully saturated rings. The molecule has 0 unspecified atom stereocenters. The lowest BCUT2D eigenvalue weighted by Crippen LogP contribution is -2.17. The van der Waals surface area contributed by atoms with Crippen LogP contribution in [0.5, 0.6) is 11.5 Å². The summed E-state index contributed by atoms with van der Waals surface area (Å²) in [7, 11) is 0. The van der Waals surface area contributed by atoms with Gasteiger partial charge >= 0.3 is 0 Å². The molecule has 2 aromatic carbocycles. The summed E-state index contributed by atoms with van der Waals surface area (Å²) in [5.41, 5.74) is 3.49. The van der Waals surface area contributed by atoms with Gasteiger partial charge in [0.1, 0.15) is 11.5 Å². The first-order valence-electron chi connectivity index (χ1n) is 6.54. The zero-order valence-corrected chi connectivity index (χ0v) is 11.4. The number of phenolic OH excluding ortho intramolecular Hbond substituents is 2. The summed E-state index contributed by atoms with van der Waals surface area (Å²) in [6, 6.07) is 13.7. The first-order chi connectivity index (χ1) is 10.2. The van der Waals surface area contributed by atoms with Crippen molar-refractivity contribution in [3.05, 3.63) is 59.7 Å². The Bertz CT molecular complexity index is 639. The molecule has 1 amide bonds. The zero-order valence-electron chi connectivity index (χ0n) is 11.4. The van der Waals surface area contributed by atoms with E-state index in [1.54, 1.807) is 6.21 Å². The normalized spacial score (nSPS) is 10.7. The molecule has 0 aliphatic carbocycles. The Kier molecular flexibility index (Phi) is 4.93. The number of rotatable bonds is 5. The molecule has 0 spiro atoms. The number of hydrazone groups is 1. The molecular formula is C16H16N2O3. The molecule has 0 saturated heterocycles. The quantitative estimate of drug-likeness (QED) is 0.448. The molecule has 2 aromatic rings. The highest BCUT2D eigenvalue weighted by molar-refractivity contribution is 5.97. The smallest absolute Gasteiger partial charge is 0.275 e. The number of carbonyl (C=O) groups excluding carboxylic acids is 1. The van der Waals surface area contributed by atoms with E-state index in [9.17, 15) is 15.0 Å². The molecule has 2 rings (SSSR count). The van der Waals surface area contributed by atoms with E-state index in [0.29, 0.717) is 6.42 Å². The zero-order chi connectivity index (χ0) is 15.1. The third-order valence-electron chi connectivity index (χ3n) is 2.89. The van der Waals surface area contributed by atoms with Gasteiger partial charge in [0.2, 0.25) is 0 Å². The fourth-order valence-electron chi connectivity index (χ4n) is 1.81. The lowest BCUT2D eigenvalue weighted by Gasteiger charge is -2.03. The summed E-state index contributed by atoms with van der Waals surface area (Å²) in [6.45, 7) is 0. The monoisotopic (exact) mass is 284 g/mol. The van der Waals surface area contributed by atoms with Crippen molar-refractivity contribution in [1.82, 2.24) is 5.43 Å². The van der Waals surface area contributed by atoms with E-state index < -0.39 is 5.91 Å². The molecular weight excluding hydrogens is 268 g/mol. The number of nitrogens with zero attached hydrogens (tertiary/aromatic N) is 1. The van der Waals surface area contributed by atoms with Crippen LogP contribution in [0.3, 0.4) is 0 Å². The number of carbonyl (C=O) groups is 1. The molecule has 0 atom stereocenters. The molecule has 0 saturated carbocycles. The van der Waals surface area contributed by atoms with Crippen LogP contribution in [0.1, 0.15) is 22.3 Å². The van der Waals surface area contributed by atoms with E-state index in [0.717, 1.165) is 6.42 Å². The second-order valence-corrected chi connectivity index (χ2v) is 4.48. The topological polar surface area (TPSA) is 81.9 Å². The Labute approximate surface area is 122 Å². The molecule has 108 valence electrons. The third-order valence-corrected chi connectivity index (χ3v) is 2.89. The molecule has 5 heteroatoms. The van der Waals surface area contributed by atoms with Crippen LogP contribution in [0.25, 0.3) is 0 Å². The van der Waals surface area contributed by atoms with Gasteiger partial charge in [-0.3, -0.25) is 4.79 Å². The Morgan fingerprint density at radius 1 is 1.14 bits per heavy atom. The molecule has 0 aliphatic rings. The molecule has 3 N–H and O–H groups in total. The molecule has 0 radical (unpaired) electrons. The molecule has 0 heterocycles. The minimum absolute atomic E-state index is 0.0183. The summed E-state index contributed by atoms with van der Waals surface area (Å²) in [6.07, 6.45) is 3.12. The Morgan fingerprint density at radius 3 is 2.67 bits per heavy atom. The van der Waals surface area contributed by atoms with Gasteiger partial charge in [0, 0.05) is 6.21 Å². The van der Waals surface area contributed by atoms with Gasteiger partial charge in [-0.15, -0.1) is 0 Å². The van der Waals surface area contributed by atoms with Crippen molar-refractivity contribution in [3.63, 3.8) is 0 Å². The average molecular weight is 284 g/mol. The number of hydrogen-bond donors (Lipinski definition) is 3. The van der Waals surface area contributed by atoms with Crippen LogP contribution in [0.4, 0.5) is 0 Å². The van der Waals surface area contributed by atoms with Crippen LogP contribution in [0.15, 0.2) is 53.6 Å². The Balaban J connectivity index is 1.83. The molecule has 0 aromatic heterocycles. The second kappa shape index (κ2) is 7.09. The first kappa shape index (κ1) is 14.6. The van der Waals surface area contributed by atoms with Gasteiger partial charge < -0.3 is 10.2 Å². The largest absolute Gasteiger partial charge is 0.508 e. The van der Waals surface area contributed by atoms with E-state index in [-0.39, 0.29) is 17.1 Å². The SMILES string of the molecule is O=C(N/N=C\CCc1ccccc1)c1cc(O)ccc1O. The van der Waals surface area contributed by atoms with Gasteiger partial charge in [0.15, 0.2) is 0 Å². The standard InChI is InChI=1S/C16H16N2O3/c19-13-8-9-15(20)14(11-13)16(21)18-17-10-4-7-12-5-2-1-3-6-12/h1-3,5-6,8-11,19-20H,4,7H2,(H,18,21)/b17-10-. The number of hydrogen-bond acceptors (Lipinski definition) is 4. The van der Waals surface area contributed by atoms with Crippen molar-refractivity contribution in [2.24, 2.45) is 5.10 Å². The average Bonchev–Trinajstić information content (AvgIpc) is 2.50. The highest BCUT2D eigenvalue weighted by Crippen LogP contribution is 2.21. The number of phenols is 2. The third kappa shape index (κ3) is 4.35. The number of benzene rings is 2. The van der Waals surface area contributed by atoms with Crippen molar-refractivity contribution in [2.75, 3.05) is 0 Å². The van der Waals surface area contributed by atoms with E-state index in [1.165, 1.54) is 23.8 Å². The van der Waals surface area contributed by atoms with Crippen molar-refractivity contribution in [1.29, 1.82) is 0 Å². The van der Waals surface area contributed by atoms with E-state index >= 15 is 0 Å². The van der Waals surface area contributed by atoms with Gasteiger partial charge in [-0.2, -0.15) is 5.10 Å². The summed E-state index contributed by atoms with van der Waals surface area (Å²) < 4.78 is 0. The van der Waals surface area contributed by atoms with Crippen LogP contribution < -0.4 is 5.43 Å². The predicted octanol–water partition coefficient (Wildman–Crippen LogP) is 2.45. The summed E-state index contributed by atoms with van der Waals surface area (Å²) in [5.74, 6) is -0.866. The lowest BCUT2D eigenvalue weighted by atomic mass is 10.1. The molecule has 21 heavy (non-hydrogen) atoms. The summed E-state index contributed by atoms with van der Waals surface area (Å²) in [4.78, 5) is 11.8.